The molecule has 0 aliphatic carbocycles. The van der Waals surface area contributed by atoms with Gasteiger partial charge in [0.2, 0.25) is 0 Å². The maximum atomic E-state index is 12.9. The van der Waals surface area contributed by atoms with Crippen LogP contribution in [0.15, 0.2) is 54.9 Å². The van der Waals surface area contributed by atoms with Gasteiger partial charge in [-0.3, -0.25) is 14.7 Å². The van der Waals surface area contributed by atoms with Crippen LogP contribution in [0.5, 0.6) is 0 Å². The number of pyridine rings is 1. The Balaban J connectivity index is 1.43. The molecule has 5 heteroatoms. The summed E-state index contributed by atoms with van der Waals surface area (Å²) in [7, 11) is 1.97. The number of hydrogen-bond acceptors (Lipinski definition) is 3. The van der Waals surface area contributed by atoms with Crippen molar-refractivity contribution in [3.63, 3.8) is 0 Å². The van der Waals surface area contributed by atoms with Gasteiger partial charge in [-0.2, -0.15) is 0 Å². The Kier molecular flexibility index (Phi) is 4.24. The van der Waals surface area contributed by atoms with Crippen molar-refractivity contribution in [2.75, 3.05) is 26.2 Å². The Bertz CT molecular complexity index is 879. The SMILES string of the molecule is Cn1c(C(=O)N2CCN(Cc3cccnc3)CC2)cc2ccccc21. The van der Waals surface area contributed by atoms with E-state index >= 15 is 0 Å². The lowest BCUT2D eigenvalue weighted by molar-refractivity contribution is 0.0619. The summed E-state index contributed by atoms with van der Waals surface area (Å²) in [5, 5.41) is 1.11. The molecule has 25 heavy (non-hydrogen) atoms. The summed E-state index contributed by atoms with van der Waals surface area (Å²) in [5.74, 6) is 0.125. The van der Waals surface area contributed by atoms with Crippen molar-refractivity contribution in [1.29, 1.82) is 0 Å². The average molecular weight is 334 g/mol. The predicted molar refractivity (Wildman–Crippen MR) is 98.3 cm³/mol. The number of benzene rings is 1. The van der Waals surface area contributed by atoms with Crippen LogP contribution in [0, 0.1) is 0 Å². The van der Waals surface area contributed by atoms with E-state index in [1.807, 2.05) is 47.0 Å². The maximum absolute atomic E-state index is 12.9. The van der Waals surface area contributed by atoms with E-state index in [9.17, 15) is 4.79 Å². The Morgan fingerprint density at radius 2 is 1.88 bits per heavy atom. The van der Waals surface area contributed by atoms with Crippen LogP contribution in [0.2, 0.25) is 0 Å². The zero-order chi connectivity index (χ0) is 17.2. The van der Waals surface area contributed by atoms with Gasteiger partial charge in [-0.15, -0.1) is 0 Å². The van der Waals surface area contributed by atoms with Crippen LogP contribution in [0.3, 0.4) is 0 Å². The number of piperazine rings is 1. The molecule has 3 heterocycles. The van der Waals surface area contributed by atoms with Crippen LogP contribution < -0.4 is 0 Å². The number of aryl methyl sites for hydroxylation is 1. The Morgan fingerprint density at radius 1 is 1.08 bits per heavy atom. The lowest BCUT2D eigenvalue weighted by Gasteiger charge is -2.34. The standard InChI is InChI=1S/C20H22N4O/c1-22-18-7-3-2-6-17(18)13-19(22)20(25)24-11-9-23(10-12-24)15-16-5-4-8-21-14-16/h2-8,13-14H,9-12,15H2,1H3. The fraction of sp³-hybridized carbons (Fsp3) is 0.300. The number of para-hydroxylation sites is 1. The Labute approximate surface area is 147 Å². The number of aromatic nitrogens is 2. The molecule has 0 N–H and O–H groups in total. The Morgan fingerprint density at radius 3 is 2.60 bits per heavy atom. The first kappa shape index (κ1) is 15.8. The minimum atomic E-state index is 0.125. The highest BCUT2D eigenvalue weighted by atomic mass is 16.2. The van der Waals surface area contributed by atoms with Crippen LogP contribution in [-0.4, -0.2) is 51.4 Å². The van der Waals surface area contributed by atoms with Gasteiger partial charge in [0, 0.05) is 63.1 Å². The van der Waals surface area contributed by atoms with Gasteiger partial charge in [0.25, 0.3) is 5.91 Å². The van der Waals surface area contributed by atoms with E-state index in [1.54, 1.807) is 6.20 Å². The highest BCUT2D eigenvalue weighted by Gasteiger charge is 2.24. The summed E-state index contributed by atoms with van der Waals surface area (Å²) in [6, 6.07) is 14.2. The largest absolute Gasteiger partial charge is 0.340 e. The van der Waals surface area contributed by atoms with Crippen molar-refractivity contribution in [3.05, 3.63) is 66.1 Å². The molecule has 0 spiro atoms. The van der Waals surface area contributed by atoms with Crippen LogP contribution in [0.25, 0.3) is 10.9 Å². The van der Waals surface area contributed by atoms with E-state index in [-0.39, 0.29) is 5.91 Å². The van der Waals surface area contributed by atoms with Crippen molar-refractivity contribution in [1.82, 2.24) is 19.4 Å². The molecular weight excluding hydrogens is 312 g/mol. The average Bonchev–Trinajstić information content (AvgIpc) is 3.00. The van der Waals surface area contributed by atoms with E-state index in [4.69, 9.17) is 0 Å². The third-order valence-electron chi connectivity index (χ3n) is 4.96. The van der Waals surface area contributed by atoms with Gasteiger partial charge in [0.05, 0.1) is 0 Å². The summed E-state index contributed by atoms with van der Waals surface area (Å²) in [4.78, 5) is 21.4. The summed E-state index contributed by atoms with van der Waals surface area (Å²) in [6.07, 6.45) is 3.71. The molecule has 128 valence electrons. The van der Waals surface area contributed by atoms with Gasteiger partial charge in [0.1, 0.15) is 5.69 Å². The maximum Gasteiger partial charge on any atom is 0.270 e. The quantitative estimate of drug-likeness (QED) is 0.739. The lowest BCUT2D eigenvalue weighted by atomic mass is 10.2. The van der Waals surface area contributed by atoms with E-state index in [1.165, 1.54) is 5.56 Å². The van der Waals surface area contributed by atoms with Gasteiger partial charge in [0.15, 0.2) is 0 Å². The first-order valence-electron chi connectivity index (χ1n) is 8.67. The van der Waals surface area contributed by atoms with Crippen LogP contribution in [0.4, 0.5) is 0 Å². The molecule has 0 bridgehead atoms. The normalized spacial score (nSPS) is 15.6. The second kappa shape index (κ2) is 6.69. The number of hydrogen-bond donors (Lipinski definition) is 0. The second-order valence-electron chi connectivity index (χ2n) is 6.58. The van der Waals surface area contributed by atoms with Crippen molar-refractivity contribution in [3.8, 4) is 0 Å². The molecule has 1 saturated heterocycles. The molecular formula is C20H22N4O. The summed E-state index contributed by atoms with van der Waals surface area (Å²) in [5.41, 5.74) is 3.08. The molecule has 3 aromatic rings. The van der Waals surface area contributed by atoms with Crippen LogP contribution in [-0.2, 0) is 13.6 Å². The predicted octanol–water partition coefficient (Wildman–Crippen LogP) is 2.53. The van der Waals surface area contributed by atoms with E-state index < -0.39 is 0 Å². The molecule has 1 fully saturated rings. The molecule has 0 saturated carbocycles. The number of rotatable bonds is 3. The third-order valence-corrected chi connectivity index (χ3v) is 4.96. The molecule has 0 unspecified atom stereocenters. The van der Waals surface area contributed by atoms with Gasteiger partial charge in [-0.1, -0.05) is 24.3 Å². The third kappa shape index (κ3) is 3.15. The molecule has 1 amide bonds. The van der Waals surface area contributed by atoms with Gasteiger partial charge < -0.3 is 9.47 Å². The van der Waals surface area contributed by atoms with Gasteiger partial charge >= 0.3 is 0 Å². The number of nitrogens with zero attached hydrogens (tertiary/aromatic N) is 4. The lowest BCUT2D eigenvalue weighted by Crippen LogP contribution is -2.48. The van der Waals surface area contributed by atoms with Crippen LogP contribution in [0.1, 0.15) is 16.1 Å². The van der Waals surface area contributed by atoms with Gasteiger partial charge in [-0.25, -0.2) is 0 Å². The molecule has 1 aliphatic heterocycles. The zero-order valence-electron chi connectivity index (χ0n) is 14.4. The molecule has 1 aromatic carbocycles. The topological polar surface area (TPSA) is 41.4 Å². The number of fused-ring (bicyclic) bond motifs is 1. The molecule has 1 aliphatic rings. The number of amides is 1. The molecule has 5 nitrogen and oxygen atoms in total. The first-order valence-corrected chi connectivity index (χ1v) is 8.67. The van der Waals surface area contributed by atoms with E-state index in [0.29, 0.717) is 0 Å². The fourth-order valence-electron chi connectivity index (χ4n) is 3.52. The smallest absolute Gasteiger partial charge is 0.270 e. The van der Waals surface area contributed by atoms with Gasteiger partial charge in [-0.05, 0) is 23.8 Å². The monoisotopic (exact) mass is 334 g/mol. The summed E-state index contributed by atoms with van der Waals surface area (Å²) >= 11 is 0. The summed E-state index contributed by atoms with van der Waals surface area (Å²) in [6.45, 7) is 4.21. The molecule has 0 radical (unpaired) electrons. The number of carbonyl (C=O) groups is 1. The fourth-order valence-corrected chi connectivity index (χ4v) is 3.52. The van der Waals surface area contributed by atoms with Crippen molar-refractivity contribution < 1.29 is 4.79 Å². The van der Waals surface area contributed by atoms with Crippen molar-refractivity contribution >= 4 is 16.8 Å². The minimum Gasteiger partial charge on any atom is -0.340 e. The summed E-state index contributed by atoms with van der Waals surface area (Å²) < 4.78 is 2.00. The van der Waals surface area contributed by atoms with Crippen LogP contribution >= 0.6 is 0 Å². The second-order valence-corrected chi connectivity index (χ2v) is 6.58. The zero-order valence-corrected chi connectivity index (χ0v) is 14.4. The molecule has 0 atom stereocenters. The molecule has 4 rings (SSSR count). The molecule has 2 aromatic heterocycles. The van der Waals surface area contributed by atoms with E-state index in [0.717, 1.165) is 49.3 Å². The first-order chi connectivity index (χ1) is 12.2. The minimum absolute atomic E-state index is 0.125. The highest BCUT2D eigenvalue weighted by Crippen LogP contribution is 2.20. The number of carbonyl (C=O) groups excluding carboxylic acids is 1. The van der Waals surface area contributed by atoms with Crippen molar-refractivity contribution in [2.24, 2.45) is 7.05 Å². The van der Waals surface area contributed by atoms with Crippen molar-refractivity contribution in [2.45, 2.75) is 6.54 Å². The highest BCUT2D eigenvalue weighted by molar-refractivity contribution is 5.98. The van der Waals surface area contributed by atoms with E-state index in [2.05, 4.69) is 28.1 Å². The Hall–Kier alpha value is -2.66.